The molecule has 0 radical (unpaired) electrons. The molecule has 4 rings (SSSR count). The molecule has 1 aromatic carbocycles. The highest BCUT2D eigenvalue weighted by molar-refractivity contribution is 5.98. The van der Waals surface area contributed by atoms with Crippen molar-refractivity contribution in [2.75, 3.05) is 26.7 Å². The number of carbonyl (C=O) groups is 1. The summed E-state index contributed by atoms with van der Waals surface area (Å²) in [4.78, 5) is 18.1. The molecule has 2 aromatic rings. The van der Waals surface area contributed by atoms with Gasteiger partial charge in [0.05, 0.1) is 7.11 Å². The summed E-state index contributed by atoms with van der Waals surface area (Å²) in [6.07, 6.45) is 2.12. The van der Waals surface area contributed by atoms with Crippen molar-refractivity contribution in [1.82, 2.24) is 20.7 Å². The number of nitrogens with one attached hydrogen (secondary N) is 3. The van der Waals surface area contributed by atoms with E-state index >= 15 is 0 Å². The lowest BCUT2D eigenvalue weighted by Crippen LogP contribution is -2.45. The van der Waals surface area contributed by atoms with Gasteiger partial charge in [0.25, 0.3) is 5.91 Å². The van der Waals surface area contributed by atoms with Gasteiger partial charge in [-0.1, -0.05) is 6.92 Å². The molecule has 1 amide bonds. The third-order valence-electron chi connectivity index (χ3n) is 5.70. The second-order valence-corrected chi connectivity index (χ2v) is 7.29. The van der Waals surface area contributed by atoms with Crippen molar-refractivity contribution in [2.24, 2.45) is 11.8 Å². The van der Waals surface area contributed by atoms with Crippen LogP contribution in [0.1, 0.15) is 30.3 Å². The molecule has 3 N–H and O–H groups in total. The Morgan fingerprint density at radius 3 is 2.72 bits per heavy atom. The van der Waals surface area contributed by atoms with Gasteiger partial charge in [-0.3, -0.25) is 15.6 Å². The third kappa shape index (κ3) is 3.12. The lowest BCUT2D eigenvalue weighted by Gasteiger charge is -2.35. The van der Waals surface area contributed by atoms with Crippen LogP contribution in [0.4, 0.5) is 0 Å². The first-order chi connectivity index (χ1) is 12.2. The summed E-state index contributed by atoms with van der Waals surface area (Å²) in [5.41, 5.74) is 8.30. The van der Waals surface area contributed by atoms with Crippen LogP contribution in [-0.2, 0) is 0 Å². The standard InChI is InChI=1S/C19H26N4O2/c1-12-11-20-22-18(12)13-5-7-23(8-6-13)19(24)17-10-14-9-15(25-2)3-4-16(14)21-17/h3-4,9-10,12-13,18,20-22H,5-8,11H2,1-2H3. The highest BCUT2D eigenvalue weighted by Crippen LogP contribution is 2.28. The number of carbonyl (C=O) groups excluding carboxylic acids is 1. The molecule has 2 aliphatic rings. The van der Waals surface area contributed by atoms with Crippen molar-refractivity contribution >= 4 is 16.8 Å². The van der Waals surface area contributed by atoms with Crippen LogP contribution in [0.2, 0.25) is 0 Å². The molecule has 6 heteroatoms. The number of aromatic amines is 1. The number of ether oxygens (including phenoxy) is 1. The normalized spacial score (nSPS) is 24.8. The second kappa shape index (κ2) is 6.69. The van der Waals surface area contributed by atoms with E-state index in [1.165, 1.54) is 0 Å². The Bertz CT molecular complexity index is 764. The second-order valence-electron chi connectivity index (χ2n) is 7.29. The van der Waals surface area contributed by atoms with E-state index in [2.05, 4.69) is 22.8 Å². The van der Waals surface area contributed by atoms with Crippen LogP contribution >= 0.6 is 0 Å². The summed E-state index contributed by atoms with van der Waals surface area (Å²) in [5.74, 6) is 2.19. The topological polar surface area (TPSA) is 69.4 Å². The van der Waals surface area contributed by atoms with E-state index in [-0.39, 0.29) is 5.91 Å². The van der Waals surface area contributed by atoms with Gasteiger partial charge in [-0.05, 0) is 48.9 Å². The number of H-pyrrole nitrogens is 1. The SMILES string of the molecule is COc1ccc2[nH]c(C(=O)N3CCC(C4NNCC4C)CC3)cc2c1. The number of nitrogens with zero attached hydrogens (tertiary/aromatic N) is 1. The smallest absolute Gasteiger partial charge is 0.270 e. The van der Waals surface area contributed by atoms with E-state index in [1.54, 1.807) is 7.11 Å². The number of likely N-dealkylation sites (tertiary alicyclic amines) is 1. The fourth-order valence-electron chi connectivity index (χ4n) is 4.17. The molecule has 2 aliphatic heterocycles. The molecule has 6 nitrogen and oxygen atoms in total. The summed E-state index contributed by atoms with van der Waals surface area (Å²) in [6.45, 7) is 4.97. The highest BCUT2D eigenvalue weighted by atomic mass is 16.5. The van der Waals surface area contributed by atoms with Gasteiger partial charge in [0, 0.05) is 36.6 Å². The van der Waals surface area contributed by atoms with Gasteiger partial charge < -0.3 is 14.6 Å². The Kier molecular flexibility index (Phi) is 4.39. The zero-order chi connectivity index (χ0) is 17.4. The number of hydrogen-bond acceptors (Lipinski definition) is 4. The predicted octanol–water partition coefficient (Wildman–Crippen LogP) is 2.14. The number of fused-ring (bicyclic) bond motifs is 1. The van der Waals surface area contributed by atoms with E-state index in [1.807, 2.05) is 29.2 Å². The van der Waals surface area contributed by atoms with Crippen LogP contribution in [0.5, 0.6) is 5.75 Å². The van der Waals surface area contributed by atoms with Gasteiger partial charge in [0.15, 0.2) is 0 Å². The van der Waals surface area contributed by atoms with Crippen LogP contribution in [-0.4, -0.2) is 48.6 Å². The first-order valence-electron chi connectivity index (χ1n) is 9.10. The Morgan fingerprint density at radius 1 is 1.24 bits per heavy atom. The van der Waals surface area contributed by atoms with Crippen molar-refractivity contribution in [3.05, 3.63) is 30.0 Å². The number of benzene rings is 1. The van der Waals surface area contributed by atoms with Gasteiger partial charge in [-0.15, -0.1) is 0 Å². The van der Waals surface area contributed by atoms with Gasteiger partial charge in [0.2, 0.25) is 0 Å². The minimum atomic E-state index is 0.0965. The number of hydrogen-bond donors (Lipinski definition) is 3. The Hall–Kier alpha value is -2.05. The Labute approximate surface area is 147 Å². The lowest BCUT2D eigenvalue weighted by molar-refractivity contribution is 0.0660. The predicted molar refractivity (Wildman–Crippen MR) is 97.6 cm³/mol. The molecule has 0 spiro atoms. The zero-order valence-corrected chi connectivity index (χ0v) is 14.8. The first-order valence-corrected chi connectivity index (χ1v) is 9.10. The Balaban J connectivity index is 1.43. The van der Waals surface area contributed by atoms with E-state index in [0.717, 1.165) is 49.1 Å². The maximum atomic E-state index is 12.9. The van der Waals surface area contributed by atoms with Gasteiger partial charge >= 0.3 is 0 Å². The molecule has 3 heterocycles. The minimum absolute atomic E-state index is 0.0965. The van der Waals surface area contributed by atoms with Crippen LogP contribution < -0.4 is 15.6 Å². The van der Waals surface area contributed by atoms with Crippen LogP contribution in [0.3, 0.4) is 0 Å². The summed E-state index contributed by atoms with van der Waals surface area (Å²) in [6, 6.07) is 8.27. The van der Waals surface area contributed by atoms with Crippen LogP contribution in [0.25, 0.3) is 10.9 Å². The molecular weight excluding hydrogens is 316 g/mol. The maximum absolute atomic E-state index is 12.9. The first kappa shape index (κ1) is 16.4. The summed E-state index contributed by atoms with van der Waals surface area (Å²) in [5, 5.41) is 1.01. The molecule has 2 saturated heterocycles. The van der Waals surface area contributed by atoms with E-state index in [9.17, 15) is 4.79 Å². The molecule has 2 unspecified atom stereocenters. The lowest BCUT2D eigenvalue weighted by atomic mass is 9.84. The third-order valence-corrected chi connectivity index (χ3v) is 5.70. The summed E-state index contributed by atoms with van der Waals surface area (Å²) < 4.78 is 5.26. The van der Waals surface area contributed by atoms with E-state index in [4.69, 9.17) is 4.74 Å². The van der Waals surface area contributed by atoms with Crippen LogP contribution in [0.15, 0.2) is 24.3 Å². The summed E-state index contributed by atoms with van der Waals surface area (Å²) in [7, 11) is 1.65. The zero-order valence-electron chi connectivity index (χ0n) is 14.8. The number of piperidine rings is 1. The van der Waals surface area contributed by atoms with Crippen molar-refractivity contribution in [2.45, 2.75) is 25.8 Å². The quantitative estimate of drug-likeness (QED) is 0.799. The molecule has 134 valence electrons. The number of rotatable bonds is 3. The molecule has 0 saturated carbocycles. The molecule has 2 atom stereocenters. The van der Waals surface area contributed by atoms with Gasteiger partial charge in [0.1, 0.15) is 11.4 Å². The fourth-order valence-corrected chi connectivity index (χ4v) is 4.17. The van der Waals surface area contributed by atoms with Crippen molar-refractivity contribution in [3.8, 4) is 5.75 Å². The van der Waals surface area contributed by atoms with E-state index in [0.29, 0.717) is 23.6 Å². The monoisotopic (exact) mass is 342 g/mol. The molecule has 2 fully saturated rings. The average Bonchev–Trinajstić information content (AvgIpc) is 3.26. The molecule has 0 bridgehead atoms. The molecule has 0 aliphatic carbocycles. The number of aromatic nitrogens is 1. The number of amides is 1. The van der Waals surface area contributed by atoms with Gasteiger partial charge in [-0.25, -0.2) is 0 Å². The van der Waals surface area contributed by atoms with Gasteiger partial charge in [-0.2, -0.15) is 0 Å². The molecule has 25 heavy (non-hydrogen) atoms. The Morgan fingerprint density at radius 2 is 2.04 bits per heavy atom. The number of methoxy groups -OCH3 is 1. The van der Waals surface area contributed by atoms with Crippen molar-refractivity contribution in [1.29, 1.82) is 0 Å². The largest absolute Gasteiger partial charge is 0.497 e. The van der Waals surface area contributed by atoms with Crippen molar-refractivity contribution in [3.63, 3.8) is 0 Å². The molecule has 1 aromatic heterocycles. The van der Waals surface area contributed by atoms with Crippen molar-refractivity contribution < 1.29 is 9.53 Å². The number of hydrazine groups is 1. The van der Waals surface area contributed by atoms with Crippen LogP contribution in [0, 0.1) is 11.8 Å². The van der Waals surface area contributed by atoms with E-state index < -0.39 is 0 Å². The maximum Gasteiger partial charge on any atom is 0.270 e. The minimum Gasteiger partial charge on any atom is -0.497 e. The molecular formula is C19H26N4O2. The highest BCUT2D eigenvalue weighted by Gasteiger charge is 2.34. The average molecular weight is 342 g/mol. The fraction of sp³-hybridized carbons (Fsp3) is 0.526. The summed E-state index contributed by atoms with van der Waals surface area (Å²) >= 11 is 0.